The highest BCUT2D eigenvalue weighted by Gasteiger charge is 2.24. The molecule has 0 aliphatic rings. The first kappa shape index (κ1) is 32.4. The van der Waals surface area contributed by atoms with Crippen LogP contribution in [0.1, 0.15) is 0 Å². The summed E-state index contributed by atoms with van der Waals surface area (Å²) in [5.74, 6) is 1.80. The predicted molar refractivity (Wildman–Crippen MR) is 246 cm³/mol. The molecule has 0 saturated carbocycles. The number of hydrogen-bond acceptors (Lipinski definition) is 5. The van der Waals surface area contributed by atoms with Crippen LogP contribution in [0.15, 0.2) is 186 Å². The lowest BCUT2D eigenvalue weighted by Gasteiger charge is -2.17. The number of para-hydroxylation sites is 2. The van der Waals surface area contributed by atoms with Crippen LogP contribution in [0.25, 0.3) is 125 Å². The fourth-order valence-corrected chi connectivity index (χ4v) is 10.3. The zero-order chi connectivity index (χ0) is 38.6. The lowest BCUT2D eigenvalue weighted by molar-refractivity contribution is 0.669. The Kier molecular flexibility index (Phi) is 6.82. The second-order valence-electron chi connectivity index (χ2n) is 15.1. The van der Waals surface area contributed by atoms with Gasteiger partial charge in [0.15, 0.2) is 17.5 Å². The maximum Gasteiger partial charge on any atom is 0.166 e. The Balaban J connectivity index is 1.17. The van der Waals surface area contributed by atoms with Gasteiger partial charge in [-0.3, -0.25) is 0 Å². The number of benzene rings is 9. The van der Waals surface area contributed by atoms with E-state index < -0.39 is 0 Å². The van der Waals surface area contributed by atoms with Crippen molar-refractivity contribution in [1.29, 1.82) is 0 Å². The van der Waals surface area contributed by atoms with Crippen molar-refractivity contribution in [3.63, 3.8) is 0 Å². The molecule has 13 rings (SSSR count). The van der Waals surface area contributed by atoms with Gasteiger partial charge in [-0.2, -0.15) is 0 Å². The highest BCUT2D eigenvalue weighted by Crippen LogP contribution is 2.46. The third kappa shape index (κ3) is 4.87. The lowest BCUT2D eigenvalue weighted by atomic mass is 10.0. The Labute approximate surface area is 341 Å². The van der Waals surface area contributed by atoms with Gasteiger partial charge in [-0.15, -0.1) is 11.3 Å². The van der Waals surface area contributed by atoms with Gasteiger partial charge in [0.25, 0.3) is 0 Å². The Bertz CT molecular complexity index is 3870. The Morgan fingerprint density at radius 2 is 1.08 bits per heavy atom. The first-order valence-corrected chi connectivity index (χ1v) is 20.6. The van der Waals surface area contributed by atoms with E-state index >= 15 is 0 Å². The maximum absolute atomic E-state index is 6.40. The van der Waals surface area contributed by atoms with Gasteiger partial charge >= 0.3 is 0 Å². The zero-order valence-electron chi connectivity index (χ0n) is 31.4. The third-order valence-electron chi connectivity index (χ3n) is 11.8. The summed E-state index contributed by atoms with van der Waals surface area (Å²) in [5.41, 5.74) is 7.68. The predicted octanol–water partition coefficient (Wildman–Crippen LogP) is 14.5. The van der Waals surface area contributed by atoms with Crippen molar-refractivity contribution in [3.05, 3.63) is 182 Å². The molecular formula is C53H30N4OS. The zero-order valence-corrected chi connectivity index (χ0v) is 32.2. The number of hydrogen-bond donors (Lipinski definition) is 0. The fourth-order valence-electron chi connectivity index (χ4n) is 9.16. The normalized spacial score (nSPS) is 12.1. The van der Waals surface area contributed by atoms with Crippen LogP contribution in [0.3, 0.4) is 0 Å². The van der Waals surface area contributed by atoms with Crippen LogP contribution in [0.2, 0.25) is 0 Å². The molecule has 0 aliphatic heterocycles. The third-order valence-corrected chi connectivity index (χ3v) is 13.0. The molecule has 0 aliphatic carbocycles. The summed E-state index contributed by atoms with van der Waals surface area (Å²) >= 11 is 1.80. The maximum atomic E-state index is 6.40. The average Bonchev–Trinajstić information content (AvgIpc) is 3.96. The summed E-state index contributed by atoms with van der Waals surface area (Å²) in [7, 11) is 0. The van der Waals surface area contributed by atoms with E-state index in [-0.39, 0.29) is 0 Å². The van der Waals surface area contributed by atoms with E-state index in [0.717, 1.165) is 71.5 Å². The Hall–Kier alpha value is -7.67. The van der Waals surface area contributed by atoms with Gasteiger partial charge < -0.3 is 8.98 Å². The molecular weight excluding hydrogens is 741 g/mol. The minimum atomic E-state index is 0.580. The van der Waals surface area contributed by atoms with E-state index in [9.17, 15) is 0 Å². The molecule has 6 heteroatoms. The van der Waals surface area contributed by atoms with Gasteiger partial charge in [0.2, 0.25) is 0 Å². The Morgan fingerprint density at radius 3 is 1.98 bits per heavy atom. The number of nitrogens with zero attached hydrogens (tertiary/aromatic N) is 4. The largest absolute Gasteiger partial charge is 0.456 e. The molecule has 0 saturated heterocycles. The minimum absolute atomic E-state index is 0.580. The number of furan rings is 1. The highest BCUT2D eigenvalue weighted by molar-refractivity contribution is 7.26. The van der Waals surface area contributed by atoms with Crippen molar-refractivity contribution in [2.24, 2.45) is 0 Å². The van der Waals surface area contributed by atoms with Crippen LogP contribution < -0.4 is 0 Å². The number of rotatable bonds is 4. The highest BCUT2D eigenvalue weighted by atomic mass is 32.1. The summed E-state index contributed by atoms with van der Waals surface area (Å²) in [4.78, 5) is 16.3. The molecule has 4 aromatic heterocycles. The average molecular weight is 771 g/mol. The van der Waals surface area contributed by atoms with Crippen molar-refractivity contribution in [3.8, 4) is 39.9 Å². The van der Waals surface area contributed by atoms with Gasteiger partial charge in [0.1, 0.15) is 11.2 Å². The SMILES string of the molecule is c1ccc2cc3c(cc2c1)c1ccccc1n3-c1ccc2sc3ccccc3c2c1-c1nc(-c2ccc3c(c2)oc2ccccc23)nc(-c2cccc3ccccc23)n1. The molecule has 0 N–H and O–H groups in total. The van der Waals surface area contributed by atoms with Gasteiger partial charge in [0.05, 0.1) is 22.3 Å². The quantitative estimate of drug-likeness (QED) is 0.179. The van der Waals surface area contributed by atoms with Gasteiger partial charge in [-0.1, -0.05) is 127 Å². The molecule has 0 atom stereocenters. The number of fused-ring (bicyclic) bond motifs is 11. The van der Waals surface area contributed by atoms with Crippen molar-refractivity contribution in [2.75, 3.05) is 0 Å². The summed E-state index contributed by atoms with van der Waals surface area (Å²) in [6, 6.07) is 64.4. The number of aromatic nitrogens is 4. The van der Waals surface area contributed by atoms with Crippen LogP contribution in [-0.4, -0.2) is 19.5 Å². The second-order valence-corrected chi connectivity index (χ2v) is 16.2. The molecule has 0 unspecified atom stereocenters. The lowest BCUT2D eigenvalue weighted by Crippen LogP contribution is -2.04. The molecule has 4 heterocycles. The molecule has 9 aromatic carbocycles. The molecule has 59 heavy (non-hydrogen) atoms. The van der Waals surface area contributed by atoms with E-state index in [2.05, 4.69) is 168 Å². The molecule has 13 aromatic rings. The van der Waals surface area contributed by atoms with Crippen LogP contribution >= 0.6 is 11.3 Å². The van der Waals surface area contributed by atoms with E-state index in [1.165, 1.54) is 36.3 Å². The van der Waals surface area contributed by atoms with Crippen molar-refractivity contribution >= 4 is 96.8 Å². The monoisotopic (exact) mass is 770 g/mol. The summed E-state index contributed by atoms with van der Waals surface area (Å²) < 4.78 is 11.2. The van der Waals surface area contributed by atoms with E-state index in [0.29, 0.717) is 17.5 Å². The molecule has 0 bridgehead atoms. The van der Waals surface area contributed by atoms with Crippen molar-refractivity contribution in [1.82, 2.24) is 19.5 Å². The molecule has 274 valence electrons. The van der Waals surface area contributed by atoms with E-state index in [4.69, 9.17) is 19.4 Å². The summed E-state index contributed by atoms with van der Waals surface area (Å²) in [6.07, 6.45) is 0. The molecule has 5 nitrogen and oxygen atoms in total. The van der Waals surface area contributed by atoms with Gasteiger partial charge in [-0.05, 0) is 76.1 Å². The Morgan fingerprint density at radius 1 is 0.407 bits per heavy atom. The topological polar surface area (TPSA) is 56.7 Å². The van der Waals surface area contributed by atoms with Crippen molar-refractivity contribution < 1.29 is 4.42 Å². The summed E-state index contributed by atoms with van der Waals surface area (Å²) in [5, 5.41) is 11.5. The van der Waals surface area contributed by atoms with Gasteiger partial charge in [-0.25, -0.2) is 15.0 Å². The van der Waals surface area contributed by atoms with Gasteiger partial charge in [0, 0.05) is 52.8 Å². The fraction of sp³-hybridized carbons (Fsp3) is 0. The first-order valence-electron chi connectivity index (χ1n) is 19.8. The van der Waals surface area contributed by atoms with E-state index in [1.807, 2.05) is 18.2 Å². The number of thiophene rings is 1. The standard InChI is InChI=1S/C53H30N4OS/c1-2-14-33-29-44-41(28-32(33)13-1)36-17-5-8-21-42(36)57(44)43-26-27-48-49(40-19-7-10-23-47(40)59-48)50(43)53-55-51(34-24-25-38-37-18-6-9-22-45(37)58-46(38)30-34)54-52(56-53)39-20-11-15-31-12-3-4-16-35(31)39/h1-30H. The van der Waals surface area contributed by atoms with Crippen LogP contribution in [0.4, 0.5) is 0 Å². The smallest absolute Gasteiger partial charge is 0.166 e. The van der Waals surface area contributed by atoms with Crippen molar-refractivity contribution in [2.45, 2.75) is 0 Å². The van der Waals surface area contributed by atoms with Crippen LogP contribution in [-0.2, 0) is 0 Å². The summed E-state index contributed by atoms with van der Waals surface area (Å²) in [6.45, 7) is 0. The molecule has 0 fully saturated rings. The molecule has 0 amide bonds. The second kappa shape index (κ2) is 12.4. The first-order chi connectivity index (χ1) is 29.2. The minimum Gasteiger partial charge on any atom is -0.456 e. The van der Waals surface area contributed by atoms with Crippen LogP contribution in [0.5, 0.6) is 0 Å². The molecule has 0 radical (unpaired) electrons. The van der Waals surface area contributed by atoms with E-state index in [1.54, 1.807) is 11.3 Å². The molecule has 0 spiro atoms. The van der Waals surface area contributed by atoms with Crippen LogP contribution in [0, 0.1) is 0 Å².